The molecule has 0 N–H and O–H groups in total. The van der Waals surface area contributed by atoms with E-state index in [9.17, 15) is 0 Å². The van der Waals surface area contributed by atoms with E-state index < -0.39 is 0 Å². The maximum absolute atomic E-state index is 6.90. The molecule has 39 heavy (non-hydrogen) atoms. The van der Waals surface area contributed by atoms with Gasteiger partial charge in [-0.25, -0.2) is 0 Å². The minimum absolute atomic E-state index is 0.220. The van der Waals surface area contributed by atoms with Gasteiger partial charge in [-0.05, 0) is 94.0 Å². The molecule has 1 atom stereocenters. The Bertz CT molecular complexity index is 1240. The van der Waals surface area contributed by atoms with Crippen molar-refractivity contribution in [1.29, 1.82) is 0 Å². The molecule has 2 aliphatic rings. The summed E-state index contributed by atoms with van der Waals surface area (Å²) >= 11 is 0. The van der Waals surface area contributed by atoms with Crippen LogP contribution in [0.4, 0.5) is 0 Å². The lowest BCUT2D eigenvalue weighted by atomic mass is 9.87. The van der Waals surface area contributed by atoms with E-state index in [2.05, 4.69) is 81.2 Å². The molecule has 0 bridgehead atoms. The van der Waals surface area contributed by atoms with E-state index in [0.29, 0.717) is 12.1 Å². The van der Waals surface area contributed by atoms with Crippen LogP contribution in [0.2, 0.25) is 0 Å². The number of methoxy groups -OCH3 is 1. The summed E-state index contributed by atoms with van der Waals surface area (Å²) in [6.07, 6.45) is 10.4. The summed E-state index contributed by atoms with van der Waals surface area (Å²) in [5.41, 5.74) is 10.4. The lowest BCUT2D eigenvalue weighted by Gasteiger charge is -2.34. The van der Waals surface area contributed by atoms with Crippen LogP contribution >= 0.6 is 0 Å². The van der Waals surface area contributed by atoms with Crippen LogP contribution in [0, 0.1) is 6.92 Å². The average molecular weight is 527 g/mol. The van der Waals surface area contributed by atoms with Crippen LogP contribution in [0.3, 0.4) is 0 Å². The van der Waals surface area contributed by atoms with E-state index in [4.69, 9.17) is 14.5 Å². The number of pyridine rings is 1. The Morgan fingerprint density at radius 3 is 2.28 bits per heavy atom. The lowest BCUT2D eigenvalue weighted by Crippen LogP contribution is -2.30. The molecule has 3 aromatic rings. The smallest absolute Gasteiger partial charge is 0.128 e. The molecular formula is C35H46N2O2. The molecule has 0 aliphatic heterocycles. The van der Waals surface area contributed by atoms with Crippen molar-refractivity contribution in [2.24, 2.45) is 0 Å². The molecule has 208 valence electrons. The van der Waals surface area contributed by atoms with Crippen LogP contribution in [0.15, 0.2) is 48.5 Å². The fraction of sp³-hybridized carbons (Fsp3) is 0.514. The summed E-state index contributed by atoms with van der Waals surface area (Å²) in [6, 6.07) is 18.4. The fourth-order valence-electron chi connectivity index (χ4n) is 6.78. The molecule has 1 fully saturated rings. The third kappa shape index (κ3) is 6.07. The Morgan fingerprint density at radius 1 is 0.897 bits per heavy atom. The van der Waals surface area contributed by atoms with Gasteiger partial charge in [0.05, 0.1) is 17.9 Å². The Hall–Kier alpha value is -2.69. The van der Waals surface area contributed by atoms with Crippen LogP contribution in [-0.4, -0.2) is 36.2 Å². The van der Waals surface area contributed by atoms with E-state index in [1.807, 2.05) is 7.11 Å². The topological polar surface area (TPSA) is 34.6 Å². The Balaban J connectivity index is 1.51. The maximum atomic E-state index is 6.90. The zero-order valence-corrected chi connectivity index (χ0v) is 24.6. The third-order valence-corrected chi connectivity index (χ3v) is 9.07. The first-order chi connectivity index (χ1) is 19.0. The fourth-order valence-corrected chi connectivity index (χ4v) is 6.78. The number of benzene rings is 2. The minimum Gasteiger partial charge on any atom is -0.490 e. The first-order valence-electron chi connectivity index (χ1n) is 15.1. The van der Waals surface area contributed by atoms with Gasteiger partial charge < -0.3 is 9.47 Å². The summed E-state index contributed by atoms with van der Waals surface area (Å²) in [4.78, 5) is 7.78. The van der Waals surface area contributed by atoms with Crippen molar-refractivity contribution in [2.75, 3.05) is 14.2 Å². The Morgan fingerprint density at radius 2 is 1.59 bits per heavy atom. The monoisotopic (exact) mass is 526 g/mol. The van der Waals surface area contributed by atoms with Crippen molar-refractivity contribution < 1.29 is 9.47 Å². The van der Waals surface area contributed by atoms with Crippen molar-refractivity contribution >= 4 is 0 Å². The molecule has 0 spiro atoms. The highest BCUT2D eigenvalue weighted by Gasteiger charge is 2.28. The number of hydrogen-bond acceptors (Lipinski definition) is 4. The van der Waals surface area contributed by atoms with Gasteiger partial charge in [0.15, 0.2) is 0 Å². The molecule has 5 rings (SSSR count). The number of hydrogen-bond donors (Lipinski definition) is 0. The highest BCUT2D eigenvalue weighted by Crippen LogP contribution is 2.38. The summed E-state index contributed by atoms with van der Waals surface area (Å²) in [5.74, 6) is 1.02. The molecule has 0 saturated heterocycles. The predicted octanol–water partition coefficient (Wildman–Crippen LogP) is 8.03. The average Bonchev–Trinajstić information content (AvgIpc) is 2.98. The van der Waals surface area contributed by atoms with Gasteiger partial charge >= 0.3 is 0 Å². The second-order valence-electron chi connectivity index (χ2n) is 11.5. The third-order valence-electron chi connectivity index (χ3n) is 9.07. The largest absolute Gasteiger partial charge is 0.490 e. The van der Waals surface area contributed by atoms with Gasteiger partial charge in [-0.2, -0.15) is 0 Å². The van der Waals surface area contributed by atoms with Gasteiger partial charge in [0, 0.05) is 42.6 Å². The summed E-state index contributed by atoms with van der Waals surface area (Å²) in [6.45, 7) is 7.48. The van der Waals surface area contributed by atoms with Crippen LogP contribution in [-0.2, 0) is 30.5 Å². The quantitative estimate of drug-likeness (QED) is 0.283. The first-order valence-corrected chi connectivity index (χ1v) is 15.1. The molecule has 0 unspecified atom stereocenters. The van der Waals surface area contributed by atoms with E-state index >= 15 is 0 Å². The molecule has 1 aromatic heterocycles. The molecule has 4 nitrogen and oxygen atoms in total. The van der Waals surface area contributed by atoms with Crippen molar-refractivity contribution in [3.63, 3.8) is 0 Å². The number of fused-ring (bicyclic) bond motifs is 1. The van der Waals surface area contributed by atoms with Crippen LogP contribution in [0.1, 0.15) is 91.9 Å². The molecule has 0 amide bonds. The molecule has 4 heteroatoms. The molecular weight excluding hydrogens is 480 g/mol. The maximum Gasteiger partial charge on any atom is 0.128 e. The number of ether oxygens (including phenoxy) is 2. The van der Waals surface area contributed by atoms with Gasteiger partial charge in [0.25, 0.3) is 0 Å². The normalized spacial score (nSPS) is 21.1. The highest BCUT2D eigenvalue weighted by molar-refractivity contribution is 5.70. The Labute approximate surface area is 235 Å². The van der Waals surface area contributed by atoms with Crippen molar-refractivity contribution in [3.05, 3.63) is 82.0 Å². The Kier molecular flexibility index (Phi) is 9.04. The van der Waals surface area contributed by atoms with E-state index in [0.717, 1.165) is 62.2 Å². The lowest BCUT2D eigenvalue weighted by molar-refractivity contribution is 0.0322. The molecule has 1 saturated carbocycles. The highest BCUT2D eigenvalue weighted by atomic mass is 16.5. The minimum atomic E-state index is 0.220. The second-order valence-corrected chi connectivity index (χ2v) is 11.5. The summed E-state index contributed by atoms with van der Waals surface area (Å²) < 4.78 is 12.5. The van der Waals surface area contributed by atoms with E-state index in [1.165, 1.54) is 52.6 Å². The van der Waals surface area contributed by atoms with Crippen LogP contribution < -0.4 is 4.74 Å². The summed E-state index contributed by atoms with van der Waals surface area (Å²) in [7, 11) is 4.10. The number of nitrogens with zero attached hydrogens (tertiary/aromatic N) is 2. The van der Waals surface area contributed by atoms with Crippen molar-refractivity contribution in [1.82, 2.24) is 9.88 Å². The molecule has 1 heterocycles. The molecule has 2 aliphatic carbocycles. The zero-order valence-electron chi connectivity index (χ0n) is 24.6. The second kappa shape index (κ2) is 12.7. The predicted molar refractivity (Wildman–Crippen MR) is 160 cm³/mol. The first kappa shape index (κ1) is 27.9. The number of rotatable bonds is 9. The number of aromatic nitrogens is 1. The van der Waals surface area contributed by atoms with E-state index in [1.54, 1.807) is 0 Å². The summed E-state index contributed by atoms with van der Waals surface area (Å²) in [5, 5.41) is 0. The van der Waals surface area contributed by atoms with Gasteiger partial charge in [-0.3, -0.25) is 9.88 Å². The van der Waals surface area contributed by atoms with Crippen LogP contribution in [0.5, 0.6) is 5.75 Å². The van der Waals surface area contributed by atoms with Gasteiger partial charge in [0.1, 0.15) is 5.75 Å². The van der Waals surface area contributed by atoms with Gasteiger partial charge in [-0.1, -0.05) is 56.3 Å². The van der Waals surface area contributed by atoms with Gasteiger partial charge in [0.2, 0.25) is 0 Å². The molecule has 2 aromatic carbocycles. The number of aryl methyl sites for hydroxylation is 4. The van der Waals surface area contributed by atoms with Crippen molar-refractivity contribution in [3.8, 4) is 17.0 Å². The van der Waals surface area contributed by atoms with Gasteiger partial charge in [-0.15, -0.1) is 0 Å². The molecule has 0 radical (unpaired) electrons. The standard InChI is InChI=1S/C35H46N2O2/c1-6-25-13-10-14-26(7-2)35(25)32-22-34(39-29-20-18-28(38-5)19-21-29)31(24(3)36-32)23-37(4)33-17-11-15-27-12-8-9-16-30(27)33/h8-10,12-14,16,22,28-29,33H,6-7,11,15,17-21,23H2,1-5H3/t28?,29?,33-/m0/s1. The van der Waals surface area contributed by atoms with E-state index in [-0.39, 0.29) is 6.10 Å². The van der Waals surface area contributed by atoms with Crippen molar-refractivity contribution in [2.45, 2.75) is 103 Å². The SMILES string of the molecule is CCc1cccc(CC)c1-c1cc(OC2CCC(OC)CC2)c(CN(C)[C@H]2CCCc3ccccc32)c(C)n1. The zero-order chi connectivity index (χ0) is 27.4. The van der Waals surface area contributed by atoms with Crippen LogP contribution in [0.25, 0.3) is 11.3 Å².